The van der Waals surface area contributed by atoms with Crippen molar-refractivity contribution in [1.29, 1.82) is 0 Å². The molecule has 0 radical (unpaired) electrons. The predicted octanol–water partition coefficient (Wildman–Crippen LogP) is 3.92. The van der Waals surface area contributed by atoms with Gasteiger partial charge in [-0.15, -0.1) is 0 Å². The molecule has 0 N–H and O–H groups in total. The van der Waals surface area contributed by atoms with Gasteiger partial charge in [0.25, 0.3) is 0 Å². The average Bonchev–Trinajstić information content (AvgIpc) is 1.97. The van der Waals surface area contributed by atoms with E-state index in [1.807, 2.05) is 20.8 Å². The van der Waals surface area contributed by atoms with Gasteiger partial charge in [-0.3, -0.25) is 0 Å². The Morgan fingerprint density at radius 2 is 1.69 bits per heavy atom. The van der Waals surface area contributed by atoms with E-state index in [4.69, 9.17) is 11.6 Å². The molecule has 0 fully saturated rings. The molecule has 0 atom stereocenters. The van der Waals surface area contributed by atoms with Crippen LogP contribution in [0, 0.1) is 11.6 Å². The van der Waals surface area contributed by atoms with E-state index in [2.05, 4.69) is 0 Å². The Morgan fingerprint density at radius 3 is 2.08 bits per heavy atom. The molecule has 13 heavy (non-hydrogen) atoms. The highest BCUT2D eigenvalue weighted by atomic mass is 35.5. The van der Waals surface area contributed by atoms with E-state index in [1.54, 1.807) is 0 Å². The van der Waals surface area contributed by atoms with Gasteiger partial charge >= 0.3 is 0 Å². The molecule has 0 nitrogen and oxygen atoms in total. The molecule has 0 aliphatic heterocycles. The summed E-state index contributed by atoms with van der Waals surface area (Å²) in [5.74, 6) is -1.87. The van der Waals surface area contributed by atoms with Gasteiger partial charge in [-0.1, -0.05) is 32.4 Å². The van der Waals surface area contributed by atoms with Crippen molar-refractivity contribution in [2.75, 3.05) is 0 Å². The Labute approximate surface area is 81.5 Å². The maximum Gasteiger partial charge on any atom is 0.177 e. The third-order valence-corrected chi connectivity index (χ3v) is 2.12. The number of halogens is 3. The Kier molecular flexibility index (Phi) is 2.62. The number of benzene rings is 1. The third kappa shape index (κ3) is 2.19. The van der Waals surface area contributed by atoms with Crippen LogP contribution in [-0.4, -0.2) is 0 Å². The van der Waals surface area contributed by atoms with Crippen LogP contribution in [0.1, 0.15) is 26.3 Å². The van der Waals surface area contributed by atoms with Crippen LogP contribution in [-0.2, 0) is 5.41 Å². The zero-order chi connectivity index (χ0) is 10.2. The van der Waals surface area contributed by atoms with E-state index < -0.39 is 11.6 Å². The topological polar surface area (TPSA) is 0 Å². The Bertz CT molecular complexity index is 303. The standard InChI is InChI=1S/C10H11ClF2/c1-10(2,3)6-4-7(11)9(13)8(12)5-6/h4-5H,1-3H3. The lowest BCUT2D eigenvalue weighted by Gasteiger charge is -2.19. The van der Waals surface area contributed by atoms with Crippen LogP contribution < -0.4 is 0 Å². The molecule has 0 saturated carbocycles. The van der Waals surface area contributed by atoms with Crippen molar-refractivity contribution in [3.8, 4) is 0 Å². The summed E-state index contributed by atoms with van der Waals surface area (Å²) in [6.45, 7) is 5.74. The van der Waals surface area contributed by atoms with Gasteiger partial charge in [0.2, 0.25) is 0 Å². The second-order valence-electron chi connectivity index (χ2n) is 4.00. The normalized spacial score (nSPS) is 11.8. The summed E-state index contributed by atoms with van der Waals surface area (Å²) in [5.41, 5.74) is 0.467. The maximum atomic E-state index is 12.9. The molecular formula is C10H11ClF2. The summed E-state index contributed by atoms with van der Waals surface area (Å²) in [5, 5.41) is -0.162. The fourth-order valence-electron chi connectivity index (χ4n) is 0.989. The van der Waals surface area contributed by atoms with E-state index in [-0.39, 0.29) is 10.4 Å². The summed E-state index contributed by atoms with van der Waals surface area (Å²) in [6.07, 6.45) is 0. The van der Waals surface area contributed by atoms with Gasteiger partial charge in [0.1, 0.15) is 0 Å². The molecule has 1 aromatic rings. The fraction of sp³-hybridized carbons (Fsp3) is 0.400. The first kappa shape index (κ1) is 10.5. The van der Waals surface area contributed by atoms with Gasteiger partial charge in [0.05, 0.1) is 5.02 Å². The average molecular weight is 205 g/mol. The van der Waals surface area contributed by atoms with Crippen LogP contribution in [0.5, 0.6) is 0 Å². The highest BCUT2D eigenvalue weighted by Crippen LogP contribution is 2.28. The Morgan fingerprint density at radius 1 is 1.15 bits per heavy atom. The Hall–Kier alpha value is -0.630. The Balaban J connectivity index is 3.29. The van der Waals surface area contributed by atoms with Crippen LogP contribution in [0.25, 0.3) is 0 Å². The molecule has 0 amide bonds. The SMILES string of the molecule is CC(C)(C)c1cc(F)c(F)c(Cl)c1. The molecular weight excluding hydrogens is 194 g/mol. The first-order valence-electron chi connectivity index (χ1n) is 3.97. The smallest absolute Gasteiger partial charge is 0.177 e. The number of rotatable bonds is 0. The largest absolute Gasteiger partial charge is 0.204 e. The highest BCUT2D eigenvalue weighted by Gasteiger charge is 2.18. The third-order valence-electron chi connectivity index (χ3n) is 1.85. The molecule has 0 aromatic heterocycles. The summed E-state index contributed by atoms with van der Waals surface area (Å²) in [4.78, 5) is 0. The molecule has 0 aliphatic rings. The second kappa shape index (κ2) is 3.26. The minimum absolute atomic E-state index is 0.162. The van der Waals surface area contributed by atoms with Crippen LogP contribution in [0.3, 0.4) is 0 Å². The first-order chi connectivity index (χ1) is 5.82. The monoisotopic (exact) mass is 204 g/mol. The predicted molar refractivity (Wildman–Crippen MR) is 50.1 cm³/mol. The molecule has 0 aliphatic carbocycles. The summed E-state index contributed by atoms with van der Waals surface area (Å²) in [6, 6.07) is 2.64. The molecule has 0 unspecified atom stereocenters. The van der Waals surface area contributed by atoms with E-state index in [1.165, 1.54) is 12.1 Å². The van der Waals surface area contributed by atoms with Crippen molar-refractivity contribution in [1.82, 2.24) is 0 Å². The lowest BCUT2D eigenvalue weighted by atomic mass is 9.87. The minimum Gasteiger partial charge on any atom is -0.204 e. The van der Waals surface area contributed by atoms with Gasteiger partial charge in [0, 0.05) is 0 Å². The zero-order valence-electron chi connectivity index (χ0n) is 7.79. The lowest BCUT2D eigenvalue weighted by Crippen LogP contribution is -2.11. The summed E-state index contributed by atoms with van der Waals surface area (Å²) >= 11 is 5.51. The van der Waals surface area contributed by atoms with Crippen molar-refractivity contribution in [2.45, 2.75) is 26.2 Å². The maximum absolute atomic E-state index is 12.9. The number of hydrogen-bond donors (Lipinski definition) is 0. The molecule has 0 spiro atoms. The van der Waals surface area contributed by atoms with Crippen molar-refractivity contribution in [2.24, 2.45) is 0 Å². The first-order valence-corrected chi connectivity index (χ1v) is 4.35. The van der Waals surface area contributed by atoms with Crippen molar-refractivity contribution in [3.05, 3.63) is 34.4 Å². The van der Waals surface area contributed by atoms with Gasteiger partial charge in [-0.2, -0.15) is 0 Å². The summed E-state index contributed by atoms with van der Waals surface area (Å²) < 4.78 is 25.7. The van der Waals surface area contributed by atoms with E-state index in [0.29, 0.717) is 5.56 Å². The van der Waals surface area contributed by atoms with Gasteiger partial charge in [-0.05, 0) is 23.1 Å². The van der Waals surface area contributed by atoms with E-state index in [9.17, 15) is 8.78 Å². The minimum atomic E-state index is -0.977. The van der Waals surface area contributed by atoms with Gasteiger partial charge in [0.15, 0.2) is 11.6 Å². The molecule has 0 saturated heterocycles. The summed E-state index contributed by atoms with van der Waals surface area (Å²) in [7, 11) is 0. The van der Waals surface area contributed by atoms with Gasteiger partial charge in [-0.25, -0.2) is 8.78 Å². The molecule has 0 bridgehead atoms. The lowest BCUT2D eigenvalue weighted by molar-refractivity contribution is 0.499. The molecule has 72 valence electrons. The molecule has 1 aromatic carbocycles. The van der Waals surface area contributed by atoms with Crippen molar-refractivity contribution in [3.63, 3.8) is 0 Å². The van der Waals surface area contributed by atoms with E-state index >= 15 is 0 Å². The van der Waals surface area contributed by atoms with Crippen molar-refractivity contribution >= 4 is 11.6 Å². The van der Waals surface area contributed by atoms with Gasteiger partial charge < -0.3 is 0 Å². The zero-order valence-corrected chi connectivity index (χ0v) is 8.54. The molecule has 1 rings (SSSR count). The quantitative estimate of drug-likeness (QED) is 0.562. The van der Waals surface area contributed by atoms with E-state index in [0.717, 1.165) is 0 Å². The van der Waals surface area contributed by atoms with Crippen molar-refractivity contribution < 1.29 is 8.78 Å². The number of hydrogen-bond acceptors (Lipinski definition) is 0. The van der Waals surface area contributed by atoms with Crippen LogP contribution in [0.15, 0.2) is 12.1 Å². The van der Waals surface area contributed by atoms with Crippen LogP contribution in [0.4, 0.5) is 8.78 Å². The molecule has 0 heterocycles. The van der Waals surface area contributed by atoms with Crippen LogP contribution >= 0.6 is 11.6 Å². The van der Waals surface area contributed by atoms with Crippen LogP contribution in [0.2, 0.25) is 5.02 Å². The highest BCUT2D eigenvalue weighted by molar-refractivity contribution is 6.30. The second-order valence-corrected chi connectivity index (χ2v) is 4.41. The fourth-order valence-corrected chi connectivity index (χ4v) is 1.20. The molecule has 3 heteroatoms.